The average Bonchev–Trinajstić information content (AvgIpc) is 2.41. The molecule has 1 aromatic carbocycles. The lowest BCUT2D eigenvalue weighted by Crippen LogP contribution is -2.44. The summed E-state index contributed by atoms with van der Waals surface area (Å²) in [5, 5.41) is 0. The number of carbonyl (C=O) groups excluding carboxylic acids is 1. The molecule has 0 saturated carbocycles. The fraction of sp³-hybridized carbons (Fsp3) is 0.533. The van der Waals surface area contributed by atoms with E-state index in [-0.39, 0.29) is 12.0 Å². The molecule has 0 radical (unpaired) electrons. The van der Waals surface area contributed by atoms with Gasteiger partial charge in [-0.25, -0.2) is 0 Å². The van der Waals surface area contributed by atoms with E-state index in [4.69, 9.17) is 10.5 Å². The molecule has 0 aliphatic carbocycles. The Morgan fingerprint density at radius 1 is 1.47 bits per heavy atom. The van der Waals surface area contributed by atoms with Crippen LogP contribution in [0.25, 0.3) is 0 Å². The molecule has 0 saturated heterocycles. The van der Waals surface area contributed by atoms with E-state index < -0.39 is 0 Å². The van der Waals surface area contributed by atoms with Gasteiger partial charge in [-0.1, -0.05) is 19.1 Å². The summed E-state index contributed by atoms with van der Waals surface area (Å²) in [4.78, 5) is 14.2. The summed E-state index contributed by atoms with van der Waals surface area (Å²) in [5.74, 6) is -0.122. The first kappa shape index (κ1) is 13.9. The van der Waals surface area contributed by atoms with Crippen LogP contribution in [-0.4, -0.2) is 30.1 Å². The number of hydrogen-bond donors (Lipinski definition) is 1. The molecule has 1 aliphatic heterocycles. The number of carbonyl (C=O) groups is 1. The van der Waals surface area contributed by atoms with Crippen molar-refractivity contribution in [3.63, 3.8) is 0 Å². The van der Waals surface area contributed by atoms with Gasteiger partial charge in [-0.15, -0.1) is 0 Å². The Kier molecular flexibility index (Phi) is 4.43. The van der Waals surface area contributed by atoms with Crippen LogP contribution in [0, 0.1) is 0 Å². The summed E-state index contributed by atoms with van der Waals surface area (Å²) in [7, 11) is 0. The van der Waals surface area contributed by atoms with Gasteiger partial charge in [-0.3, -0.25) is 9.69 Å². The molecule has 0 fully saturated rings. The van der Waals surface area contributed by atoms with E-state index in [0.29, 0.717) is 6.61 Å². The van der Waals surface area contributed by atoms with Crippen LogP contribution in [0.5, 0.6) is 0 Å². The summed E-state index contributed by atoms with van der Waals surface area (Å²) in [6.07, 6.45) is 1.71. The number of benzene rings is 1. The van der Waals surface area contributed by atoms with Crippen molar-refractivity contribution in [1.82, 2.24) is 4.90 Å². The topological polar surface area (TPSA) is 55.6 Å². The van der Waals surface area contributed by atoms with Gasteiger partial charge in [0.25, 0.3) is 0 Å². The van der Waals surface area contributed by atoms with E-state index in [9.17, 15) is 4.79 Å². The third-order valence-corrected chi connectivity index (χ3v) is 3.72. The van der Waals surface area contributed by atoms with Gasteiger partial charge in [0.1, 0.15) is 6.04 Å². The molecule has 0 bridgehead atoms. The molecule has 4 heteroatoms. The molecule has 1 unspecified atom stereocenters. The monoisotopic (exact) mass is 262 g/mol. The Hall–Kier alpha value is -1.55. The number of hydrogen-bond acceptors (Lipinski definition) is 4. The molecule has 1 aromatic rings. The summed E-state index contributed by atoms with van der Waals surface area (Å²) >= 11 is 0. The number of anilines is 1. The van der Waals surface area contributed by atoms with E-state index in [0.717, 1.165) is 37.2 Å². The predicted octanol–water partition coefficient (Wildman–Crippen LogP) is 1.97. The first-order valence-corrected chi connectivity index (χ1v) is 6.94. The van der Waals surface area contributed by atoms with Gasteiger partial charge in [0, 0.05) is 18.8 Å². The molecule has 0 spiro atoms. The molecule has 0 aromatic heterocycles. The van der Waals surface area contributed by atoms with Gasteiger partial charge in [0.15, 0.2) is 0 Å². The largest absolute Gasteiger partial charge is 0.465 e. The fourth-order valence-corrected chi connectivity index (χ4v) is 2.71. The zero-order valence-corrected chi connectivity index (χ0v) is 11.7. The average molecular weight is 262 g/mol. The van der Waals surface area contributed by atoms with Crippen molar-refractivity contribution in [2.24, 2.45) is 0 Å². The number of fused-ring (bicyclic) bond motifs is 1. The molecule has 0 amide bonds. The summed E-state index contributed by atoms with van der Waals surface area (Å²) in [5.41, 5.74) is 9.32. The maximum Gasteiger partial charge on any atom is 0.323 e. The maximum absolute atomic E-state index is 12.0. The van der Waals surface area contributed by atoms with Crippen molar-refractivity contribution < 1.29 is 9.53 Å². The normalized spacial score (nSPS) is 16.7. The molecule has 2 N–H and O–H groups in total. The van der Waals surface area contributed by atoms with E-state index in [1.165, 1.54) is 5.56 Å². The molecular weight excluding hydrogens is 240 g/mol. The summed E-state index contributed by atoms with van der Waals surface area (Å²) < 4.78 is 5.15. The van der Waals surface area contributed by atoms with Gasteiger partial charge in [-0.05, 0) is 37.0 Å². The van der Waals surface area contributed by atoms with Crippen molar-refractivity contribution in [2.45, 2.75) is 39.3 Å². The van der Waals surface area contributed by atoms with Gasteiger partial charge in [-0.2, -0.15) is 0 Å². The van der Waals surface area contributed by atoms with E-state index in [1.54, 1.807) is 0 Å². The number of esters is 1. The lowest BCUT2D eigenvalue weighted by atomic mass is 9.96. The number of nitrogens with zero attached hydrogens (tertiary/aromatic N) is 1. The van der Waals surface area contributed by atoms with Gasteiger partial charge >= 0.3 is 5.97 Å². The lowest BCUT2D eigenvalue weighted by molar-refractivity contribution is -0.150. The third-order valence-electron chi connectivity index (χ3n) is 3.72. The summed E-state index contributed by atoms with van der Waals surface area (Å²) in [6, 6.07) is 5.88. The summed E-state index contributed by atoms with van der Waals surface area (Å²) in [6.45, 7) is 5.91. The lowest BCUT2D eigenvalue weighted by Gasteiger charge is -2.34. The highest BCUT2D eigenvalue weighted by molar-refractivity contribution is 5.75. The fourth-order valence-electron chi connectivity index (χ4n) is 2.71. The molecule has 1 aliphatic rings. The maximum atomic E-state index is 12.0. The van der Waals surface area contributed by atoms with Crippen LogP contribution in [0.3, 0.4) is 0 Å². The first-order chi connectivity index (χ1) is 9.17. The van der Waals surface area contributed by atoms with Crippen LogP contribution >= 0.6 is 0 Å². The Morgan fingerprint density at radius 2 is 2.26 bits per heavy atom. The minimum absolute atomic E-state index is 0.122. The zero-order valence-electron chi connectivity index (χ0n) is 11.7. The number of nitrogen functional groups attached to an aromatic ring is 1. The molecular formula is C15H22N2O2. The standard InChI is InChI=1S/C15H22N2O2/c1-3-14(15(18)19-4-2)17-9-8-11-6-5-7-13(16)12(11)10-17/h5-7,14H,3-4,8-10,16H2,1-2H3. The SMILES string of the molecule is CCOC(=O)C(CC)N1CCc2cccc(N)c2C1. The van der Waals surface area contributed by atoms with Crippen LogP contribution in [0.15, 0.2) is 18.2 Å². The van der Waals surface area contributed by atoms with Crippen LogP contribution < -0.4 is 5.73 Å². The van der Waals surface area contributed by atoms with Crippen LogP contribution in [0.1, 0.15) is 31.4 Å². The van der Waals surface area contributed by atoms with Gasteiger partial charge in [0.2, 0.25) is 0 Å². The molecule has 104 valence electrons. The van der Waals surface area contributed by atoms with Crippen molar-refractivity contribution in [2.75, 3.05) is 18.9 Å². The number of rotatable bonds is 4. The molecule has 4 nitrogen and oxygen atoms in total. The Bertz CT molecular complexity index is 459. The van der Waals surface area contributed by atoms with Crippen LogP contribution in [0.4, 0.5) is 5.69 Å². The van der Waals surface area contributed by atoms with Crippen molar-refractivity contribution >= 4 is 11.7 Å². The van der Waals surface area contributed by atoms with Crippen molar-refractivity contribution in [1.29, 1.82) is 0 Å². The highest BCUT2D eigenvalue weighted by atomic mass is 16.5. The quantitative estimate of drug-likeness (QED) is 0.666. The Labute approximate surface area is 114 Å². The molecule has 1 heterocycles. The second-order valence-corrected chi connectivity index (χ2v) is 4.88. The molecule has 1 atom stereocenters. The smallest absolute Gasteiger partial charge is 0.323 e. The van der Waals surface area contributed by atoms with E-state index >= 15 is 0 Å². The Balaban J connectivity index is 2.16. The Morgan fingerprint density at radius 3 is 2.95 bits per heavy atom. The van der Waals surface area contributed by atoms with Crippen LogP contribution in [-0.2, 0) is 22.5 Å². The highest BCUT2D eigenvalue weighted by Crippen LogP contribution is 2.26. The number of ether oxygens (including phenoxy) is 1. The van der Waals surface area contributed by atoms with Crippen molar-refractivity contribution in [3.05, 3.63) is 29.3 Å². The van der Waals surface area contributed by atoms with Crippen LogP contribution in [0.2, 0.25) is 0 Å². The minimum atomic E-state index is -0.160. The first-order valence-electron chi connectivity index (χ1n) is 6.94. The molecule has 2 rings (SSSR count). The van der Waals surface area contributed by atoms with E-state index in [1.807, 2.05) is 26.0 Å². The van der Waals surface area contributed by atoms with E-state index in [2.05, 4.69) is 11.0 Å². The number of nitrogens with two attached hydrogens (primary N) is 1. The second kappa shape index (κ2) is 6.06. The third kappa shape index (κ3) is 2.89. The van der Waals surface area contributed by atoms with Crippen molar-refractivity contribution in [3.8, 4) is 0 Å². The minimum Gasteiger partial charge on any atom is -0.465 e. The predicted molar refractivity (Wildman–Crippen MR) is 75.7 cm³/mol. The zero-order chi connectivity index (χ0) is 13.8. The van der Waals surface area contributed by atoms with Gasteiger partial charge in [0.05, 0.1) is 6.61 Å². The highest BCUT2D eigenvalue weighted by Gasteiger charge is 2.29. The van der Waals surface area contributed by atoms with Gasteiger partial charge < -0.3 is 10.5 Å². The second-order valence-electron chi connectivity index (χ2n) is 4.88. The molecule has 19 heavy (non-hydrogen) atoms.